The van der Waals surface area contributed by atoms with Gasteiger partial charge in [0.25, 0.3) is 0 Å². The maximum Gasteiger partial charge on any atom is 0.229 e. The third-order valence-electron chi connectivity index (χ3n) is 2.90. The second kappa shape index (κ2) is 4.43. The number of hydrogen-bond donors (Lipinski definition) is 0. The fourth-order valence-corrected chi connectivity index (χ4v) is 2.53. The van der Waals surface area contributed by atoms with Gasteiger partial charge < -0.3 is 9.64 Å². The second-order valence-corrected chi connectivity index (χ2v) is 7.07. The van der Waals surface area contributed by atoms with Crippen molar-refractivity contribution < 1.29 is 9.53 Å². The topological polar surface area (TPSA) is 29.5 Å². The first-order chi connectivity index (χ1) is 7.49. The van der Waals surface area contributed by atoms with Crippen LogP contribution in [0, 0.1) is 5.41 Å². The van der Waals surface area contributed by atoms with E-state index in [9.17, 15) is 4.79 Å². The molecular formula is C13H24ClNO2. The Morgan fingerprint density at radius 3 is 2.00 bits per heavy atom. The standard InChI is InChI=1S/C13H24ClNO2/c1-11(2,7-14)10(16)15-8-12(3,4)17-13(5,6)9-15/h7-9H2,1-6H3. The van der Waals surface area contributed by atoms with Gasteiger partial charge in [0.1, 0.15) is 0 Å². The maximum atomic E-state index is 12.4. The van der Waals surface area contributed by atoms with Gasteiger partial charge in [-0.3, -0.25) is 4.79 Å². The van der Waals surface area contributed by atoms with Crippen molar-refractivity contribution in [3.8, 4) is 0 Å². The van der Waals surface area contributed by atoms with Gasteiger partial charge in [-0.2, -0.15) is 0 Å². The molecule has 1 aliphatic heterocycles. The molecule has 0 bridgehead atoms. The number of halogens is 1. The van der Waals surface area contributed by atoms with Crippen LogP contribution in [-0.2, 0) is 9.53 Å². The summed E-state index contributed by atoms with van der Waals surface area (Å²) in [6.45, 7) is 13.1. The molecule has 1 saturated heterocycles. The first-order valence-corrected chi connectivity index (χ1v) is 6.58. The molecule has 1 heterocycles. The smallest absolute Gasteiger partial charge is 0.229 e. The molecule has 1 aliphatic rings. The Hall–Kier alpha value is -0.280. The van der Waals surface area contributed by atoms with Crippen molar-refractivity contribution in [1.82, 2.24) is 4.90 Å². The fourth-order valence-electron chi connectivity index (χ4n) is 2.42. The molecule has 17 heavy (non-hydrogen) atoms. The fraction of sp³-hybridized carbons (Fsp3) is 0.923. The summed E-state index contributed by atoms with van der Waals surface area (Å²) >= 11 is 5.87. The van der Waals surface area contributed by atoms with Crippen molar-refractivity contribution in [2.24, 2.45) is 5.41 Å². The van der Waals surface area contributed by atoms with Crippen LogP contribution >= 0.6 is 11.6 Å². The zero-order valence-electron chi connectivity index (χ0n) is 11.8. The number of morpholine rings is 1. The number of hydrogen-bond acceptors (Lipinski definition) is 2. The molecule has 0 unspecified atom stereocenters. The molecule has 0 N–H and O–H groups in total. The van der Waals surface area contributed by atoms with E-state index < -0.39 is 5.41 Å². The van der Waals surface area contributed by atoms with Crippen LogP contribution in [0.5, 0.6) is 0 Å². The maximum absolute atomic E-state index is 12.4. The van der Waals surface area contributed by atoms with Crippen LogP contribution in [0.3, 0.4) is 0 Å². The Balaban J connectivity index is 2.88. The number of amides is 1. The summed E-state index contributed by atoms with van der Waals surface area (Å²) in [5.74, 6) is 0.446. The number of nitrogens with zero attached hydrogens (tertiary/aromatic N) is 1. The third kappa shape index (κ3) is 3.59. The van der Waals surface area contributed by atoms with Crippen molar-refractivity contribution in [3.05, 3.63) is 0 Å². The second-order valence-electron chi connectivity index (χ2n) is 6.80. The number of rotatable bonds is 2. The molecule has 0 aliphatic carbocycles. The predicted molar refractivity (Wildman–Crippen MR) is 70.3 cm³/mol. The molecule has 0 saturated carbocycles. The lowest BCUT2D eigenvalue weighted by atomic mass is 9.91. The van der Waals surface area contributed by atoms with Gasteiger partial charge in [0.2, 0.25) is 5.91 Å². The van der Waals surface area contributed by atoms with Gasteiger partial charge >= 0.3 is 0 Å². The highest BCUT2D eigenvalue weighted by Gasteiger charge is 2.43. The monoisotopic (exact) mass is 261 g/mol. The molecule has 4 heteroatoms. The molecule has 0 aromatic heterocycles. The largest absolute Gasteiger partial charge is 0.366 e. The lowest BCUT2D eigenvalue weighted by molar-refractivity contribution is -0.191. The van der Waals surface area contributed by atoms with Gasteiger partial charge in [0.05, 0.1) is 16.6 Å². The number of carbonyl (C=O) groups excluding carboxylic acids is 1. The Labute approximate surface area is 109 Å². The normalized spacial score (nSPS) is 23.6. The third-order valence-corrected chi connectivity index (χ3v) is 3.56. The quantitative estimate of drug-likeness (QED) is 0.716. The highest BCUT2D eigenvalue weighted by molar-refractivity contribution is 6.19. The minimum absolute atomic E-state index is 0.108. The molecule has 1 rings (SSSR count). The average molecular weight is 262 g/mol. The van der Waals surface area contributed by atoms with Crippen molar-refractivity contribution >= 4 is 17.5 Å². The van der Waals surface area contributed by atoms with E-state index in [0.717, 1.165) is 0 Å². The Morgan fingerprint density at radius 2 is 1.65 bits per heavy atom. The van der Waals surface area contributed by atoms with E-state index in [1.807, 2.05) is 46.4 Å². The lowest BCUT2D eigenvalue weighted by Gasteiger charge is -2.48. The Bertz CT molecular complexity index is 295. The van der Waals surface area contributed by atoms with Crippen LogP contribution in [0.1, 0.15) is 41.5 Å². The van der Waals surface area contributed by atoms with E-state index in [-0.39, 0.29) is 17.1 Å². The number of alkyl halides is 1. The molecule has 0 spiro atoms. The highest BCUT2D eigenvalue weighted by atomic mass is 35.5. The van der Waals surface area contributed by atoms with E-state index >= 15 is 0 Å². The molecule has 100 valence electrons. The molecule has 3 nitrogen and oxygen atoms in total. The Kier molecular flexibility index (Phi) is 3.85. The number of carbonyl (C=O) groups is 1. The minimum Gasteiger partial charge on any atom is -0.366 e. The van der Waals surface area contributed by atoms with E-state index in [1.54, 1.807) is 0 Å². The van der Waals surface area contributed by atoms with Crippen LogP contribution in [0.25, 0.3) is 0 Å². The van der Waals surface area contributed by atoms with Gasteiger partial charge in [-0.1, -0.05) is 0 Å². The summed E-state index contributed by atoms with van der Waals surface area (Å²) in [5.41, 5.74) is -1.12. The lowest BCUT2D eigenvalue weighted by Crippen LogP contribution is -2.60. The minimum atomic E-state index is -0.509. The molecule has 0 aromatic rings. The van der Waals surface area contributed by atoms with Gasteiger partial charge in [0, 0.05) is 19.0 Å². The van der Waals surface area contributed by atoms with Crippen molar-refractivity contribution in [2.75, 3.05) is 19.0 Å². The van der Waals surface area contributed by atoms with Crippen LogP contribution < -0.4 is 0 Å². The summed E-state index contributed by atoms with van der Waals surface area (Å²) in [6, 6.07) is 0. The molecule has 1 amide bonds. The summed E-state index contributed by atoms with van der Waals surface area (Å²) in [5, 5.41) is 0. The van der Waals surface area contributed by atoms with Crippen molar-refractivity contribution in [3.63, 3.8) is 0 Å². The molecule has 1 fully saturated rings. The van der Waals surface area contributed by atoms with Gasteiger partial charge in [-0.05, 0) is 41.5 Å². The average Bonchev–Trinajstić information content (AvgIpc) is 2.11. The van der Waals surface area contributed by atoms with Crippen LogP contribution in [0.4, 0.5) is 0 Å². The van der Waals surface area contributed by atoms with Gasteiger partial charge in [0.15, 0.2) is 0 Å². The number of ether oxygens (including phenoxy) is 1. The van der Waals surface area contributed by atoms with E-state index in [2.05, 4.69) is 0 Å². The zero-order chi connectivity index (χ0) is 13.5. The van der Waals surface area contributed by atoms with Crippen molar-refractivity contribution in [1.29, 1.82) is 0 Å². The first-order valence-electron chi connectivity index (χ1n) is 6.05. The summed E-state index contributed by atoms with van der Waals surface area (Å²) in [6.07, 6.45) is 0. The molecule has 0 atom stereocenters. The molecule has 0 radical (unpaired) electrons. The van der Waals surface area contributed by atoms with Crippen molar-refractivity contribution in [2.45, 2.75) is 52.7 Å². The highest BCUT2D eigenvalue weighted by Crippen LogP contribution is 2.31. The van der Waals surface area contributed by atoms with Gasteiger partial charge in [-0.15, -0.1) is 11.6 Å². The van der Waals surface area contributed by atoms with Crippen LogP contribution in [-0.4, -0.2) is 41.0 Å². The summed E-state index contributed by atoms with van der Waals surface area (Å²) in [7, 11) is 0. The Morgan fingerprint density at radius 1 is 1.24 bits per heavy atom. The van der Waals surface area contributed by atoms with E-state index in [0.29, 0.717) is 19.0 Å². The van der Waals surface area contributed by atoms with E-state index in [4.69, 9.17) is 16.3 Å². The SMILES string of the molecule is CC1(C)CN(C(=O)C(C)(C)CCl)CC(C)(C)O1. The summed E-state index contributed by atoms with van der Waals surface area (Å²) in [4.78, 5) is 14.3. The predicted octanol–water partition coefficient (Wildman–Crippen LogP) is 2.67. The molecular weight excluding hydrogens is 238 g/mol. The first kappa shape index (κ1) is 14.8. The zero-order valence-corrected chi connectivity index (χ0v) is 12.5. The molecule has 0 aromatic carbocycles. The summed E-state index contributed by atoms with van der Waals surface area (Å²) < 4.78 is 5.96. The van der Waals surface area contributed by atoms with Gasteiger partial charge in [-0.25, -0.2) is 0 Å². The van der Waals surface area contributed by atoms with Crippen LogP contribution in [0.15, 0.2) is 0 Å². The van der Waals surface area contributed by atoms with Crippen LogP contribution in [0.2, 0.25) is 0 Å². The van der Waals surface area contributed by atoms with E-state index in [1.165, 1.54) is 0 Å².